The summed E-state index contributed by atoms with van der Waals surface area (Å²) in [6.07, 6.45) is 0.958. The van der Waals surface area contributed by atoms with Gasteiger partial charge in [0.05, 0.1) is 19.3 Å². The molecule has 0 aliphatic carbocycles. The van der Waals surface area contributed by atoms with Gasteiger partial charge in [-0.05, 0) is 23.6 Å². The number of fused-ring (bicyclic) bond motifs is 1. The minimum atomic E-state index is -0.0636. The second kappa shape index (κ2) is 5.31. The molecule has 0 spiro atoms. The van der Waals surface area contributed by atoms with Crippen molar-refractivity contribution >= 4 is 5.84 Å². The Bertz CT molecular complexity index is 499. The van der Waals surface area contributed by atoms with Crippen LogP contribution in [0.15, 0.2) is 23.2 Å². The third kappa shape index (κ3) is 2.38. The Hall–Kier alpha value is -1.39. The highest BCUT2D eigenvalue weighted by atomic mass is 16.5. The molecule has 1 aromatic carbocycles. The van der Waals surface area contributed by atoms with Crippen LogP contribution in [0.25, 0.3) is 0 Å². The van der Waals surface area contributed by atoms with Gasteiger partial charge in [0.15, 0.2) is 0 Å². The van der Waals surface area contributed by atoms with Crippen molar-refractivity contribution in [1.82, 2.24) is 5.32 Å². The Labute approximate surface area is 113 Å². The van der Waals surface area contributed by atoms with Gasteiger partial charge in [-0.3, -0.25) is 4.99 Å². The van der Waals surface area contributed by atoms with Crippen LogP contribution in [0, 0.1) is 6.92 Å². The molecule has 1 aromatic rings. The van der Waals surface area contributed by atoms with Crippen LogP contribution in [-0.4, -0.2) is 38.7 Å². The monoisotopic (exact) mass is 260 g/mol. The first kappa shape index (κ1) is 12.6. The highest BCUT2D eigenvalue weighted by Crippen LogP contribution is 2.33. The number of nitrogens with zero attached hydrogens (tertiary/aromatic N) is 1. The van der Waals surface area contributed by atoms with Crippen molar-refractivity contribution < 1.29 is 9.47 Å². The molecular weight excluding hydrogens is 240 g/mol. The Morgan fingerprint density at radius 2 is 2.37 bits per heavy atom. The van der Waals surface area contributed by atoms with Crippen molar-refractivity contribution in [3.63, 3.8) is 0 Å². The summed E-state index contributed by atoms with van der Waals surface area (Å²) < 4.78 is 11.4. The number of rotatable bonds is 3. The maximum absolute atomic E-state index is 6.17. The van der Waals surface area contributed by atoms with Crippen LogP contribution < -0.4 is 5.32 Å². The Morgan fingerprint density at radius 1 is 1.47 bits per heavy atom. The van der Waals surface area contributed by atoms with Crippen LogP contribution in [0.5, 0.6) is 0 Å². The predicted molar refractivity (Wildman–Crippen MR) is 74.7 cm³/mol. The molecule has 0 saturated carbocycles. The number of methoxy groups -OCH3 is 1. The zero-order valence-corrected chi connectivity index (χ0v) is 11.5. The maximum Gasteiger partial charge on any atom is 0.140 e. The third-order valence-corrected chi connectivity index (χ3v) is 3.79. The number of amidine groups is 1. The van der Waals surface area contributed by atoms with E-state index in [1.54, 1.807) is 7.11 Å². The summed E-state index contributed by atoms with van der Waals surface area (Å²) in [6.45, 7) is 4.53. The molecule has 0 saturated heterocycles. The minimum absolute atomic E-state index is 0.0636. The molecule has 102 valence electrons. The van der Waals surface area contributed by atoms with Crippen LogP contribution in [0.4, 0.5) is 0 Å². The smallest absolute Gasteiger partial charge is 0.140 e. The number of hydrogen-bond donors (Lipinski definition) is 1. The average Bonchev–Trinajstić information content (AvgIpc) is 2.93. The van der Waals surface area contributed by atoms with Gasteiger partial charge in [0.2, 0.25) is 0 Å². The summed E-state index contributed by atoms with van der Waals surface area (Å²) in [4.78, 5) is 4.52. The van der Waals surface area contributed by atoms with Crippen molar-refractivity contribution in [2.45, 2.75) is 25.6 Å². The largest absolute Gasteiger partial charge is 0.382 e. The molecule has 0 radical (unpaired) electrons. The lowest BCUT2D eigenvalue weighted by Gasteiger charge is -2.33. The van der Waals surface area contributed by atoms with E-state index in [1.165, 1.54) is 16.7 Å². The van der Waals surface area contributed by atoms with E-state index in [1.807, 2.05) is 0 Å². The fraction of sp³-hybridized carbons (Fsp3) is 0.533. The summed E-state index contributed by atoms with van der Waals surface area (Å²) in [5.41, 5.74) is 3.96. The van der Waals surface area contributed by atoms with E-state index in [0.29, 0.717) is 6.61 Å². The molecule has 0 aromatic heterocycles. The van der Waals surface area contributed by atoms with Gasteiger partial charge in [0.1, 0.15) is 11.9 Å². The van der Waals surface area contributed by atoms with Crippen molar-refractivity contribution in [1.29, 1.82) is 0 Å². The molecule has 2 aliphatic rings. The van der Waals surface area contributed by atoms with Gasteiger partial charge in [-0.15, -0.1) is 0 Å². The molecule has 2 aliphatic heterocycles. The normalized spacial score (nSPS) is 25.7. The SMILES string of the molecule is COCC1Cc2c(C)cccc2C(C2=NCCN2)O1. The summed E-state index contributed by atoms with van der Waals surface area (Å²) >= 11 is 0. The molecule has 0 amide bonds. The topological polar surface area (TPSA) is 42.8 Å². The highest BCUT2D eigenvalue weighted by Gasteiger charge is 2.32. The summed E-state index contributed by atoms with van der Waals surface area (Å²) in [5.74, 6) is 0.965. The van der Waals surface area contributed by atoms with E-state index in [4.69, 9.17) is 9.47 Å². The molecule has 4 nitrogen and oxygen atoms in total. The predicted octanol–water partition coefficient (Wildman–Crippen LogP) is 1.63. The zero-order valence-electron chi connectivity index (χ0n) is 11.5. The second-order valence-corrected chi connectivity index (χ2v) is 5.13. The molecule has 19 heavy (non-hydrogen) atoms. The van der Waals surface area contributed by atoms with E-state index in [-0.39, 0.29) is 12.2 Å². The summed E-state index contributed by atoms with van der Waals surface area (Å²) in [7, 11) is 1.72. The molecular formula is C15H20N2O2. The lowest BCUT2D eigenvalue weighted by atomic mass is 9.90. The van der Waals surface area contributed by atoms with E-state index < -0.39 is 0 Å². The minimum Gasteiger partial charge on any atom is -0.382 e. The molecule has 3 rings (SSSR count). The first-order chi connectivity index (χ1) is 9.29. The van der Waals surface area contributed by atoms with E-state index in [2.05, 4.69) is 35.4 Å². The van der Waals surface area contributed by atoms with Crippen LogP contribution in [0.2, 0.25) is 0 Å². The van der Waals surface area contributed by atoms with Crippen molar-refractivity contribution in [2.75, 3.05) is 26.8 Å². The van der Waals surface area contributed by atoms with Crippen LogP contribution in [-0.2, 0) is 15.9 Å². The van der Waals surface area contributed by atoms with Gasteiger partial charge in [-0.2, -0.15) is 0 Å². The quantitative estimate of drug-likeness (QED) is 0.898. The highest BCUT2D eigenvalue weighted by molar-refractivity contribution is 5.89. The molecule has 2 unspecified atom stereocenters. The maximum atomic E-state index is 6.17. The fourth-order valence-corrected chi connectivity index (χ4v) is 2.88. The Kier molecular flexibility index (Phi) is 3.53. The average molecular weight is 260 g/mol. The standard InChI is InChI=1S/C15H20N2O2/c1-10-4-3-5-12-13(10)8-11(9-18-2)19-14(12)15-16-6-7-17-15/h3-5,11,14H,6-9H2,1-2H3,(H,16,17). The number of aliphatic imine (C=N–C) groups is 1. The van der Waals surface area contributed by atoms with Crippen LogP contribution in [0.3, 0.4) is 0 Å². The molecule has 4 heteroatoms. The fourth-order valence-electron chi connectivity index (χ4n) is 2.88. The number of nitrogens with one attached hydrogen (secondary N) is 1. The van der Waals surface area contributed by atoms with Crippen LogP contribution in [0.1, 0.15) is 22.8 Å². The molecule has 0 bridgehead atoms. The third-order valence-electron chi connectivity index (χ3n) is 3.79. The Balaban J connectivity index is 1.97. The van der Waals surface area contributed by atoms with Crippen molar-refractivity contribution in [2.24, 2.45) is 4.99 Å². The lowest BCUT2D eigenvalue weighted by Crippen LogP contribution is -2.37. The number of aryl methyl sites for hydroxylation is 1. The van der Waals surface area contributed by atoms with Crippen molar-refractivity contribution in [3.8, 4) is 0 Å². The van der Waals surface area contributed by atoms with Gasteiger partial charge in [-0.1, -0.05) is 18.2 Å². The van der Waals surface area contributed by atoms with Crippen LogP contribution >= 0.6 is 0 Å². The van der Waals surface area contributed by atoms with Gasteiger partial charge < -0.3 is 14.8 Å². The van der Waals surface area contributed by atoms with Gasteiger partial charge in [-0.25, -0.2) is 0 Å². The number of benzene rings is 1. The first-order valence-electron chi connectivity index (χ1n) is 6.80. The second-order valence-electron chi connectivity index (χ2n) is 5.13. The molecule has 0 fully saturated rings. The summed E-state index contributed by atoms with van der Waals surface area (Å²) in [5, 5.41) is 3.33. The lowest BCUT2D eigenvalue weighted by molar-refractivity contribution is -0.0336. The van der Waals surface area contributed by atoms with Crippen molar-refractivity contribution in [3.05, 3.63) is 34.9 Å². The molecule has 2 heterocycles. The van der Waals surface area contributed by atoms with Gasteiger partial charge in [0.25, 0.3) is 0 Å². The zero-order chi connectivity index (χ0) is 13.2. The number of hydrogen-bond acceptors (Lipinski definition) is 4. The van der Waals surface area contributed by atoms with E-state index in [0.717, 1.165) is 25.3 Å². The van der Waals surface area contributed by atoms with E-state index in [9.17, 15) is 0 Å². The van der Waals surface area contributed by atoms with E-state index >= 15 is 0 Å². The first-order valence-corrected chi connectivity index (χ1v) is 6.80. The Morgan fingerprint density at radius 3 is 3.11 bits per heavy atom. The molecule has 2 atom stereocenters. The number of ether oxygens (including phenoxy) is 2. The van der Waals surface area contributed by atoms with Gasteiger partial charge >= 0.3 is 0 Å². The molecule has 1 N–H and O–H groups in total. The summed E-state index contributed by atoms with van der Waals surface area (Å²) in [6, 6.07) is 6.41. The van der Waals surface area contributed by atoms with Gasteiger partial charge in [0, 0.05) is 20.1 Å².